The molecule has 1 unspecified atom stereocenters. The van der Waals surface area contributed by atoms with Gasteiger partial charge in [0.2, 0.25) is 0 Å². The van der Waals surface area contributed by atoms with E-state index in [2.05, 4.69) is 4.99 Å². The average molecular weight is 249 g/mol. The van der Waals surface area contributed by atoms with Crippen molar-refractivity contribution in [3.63, 3.8) is 0 Å². The molecule has 1 aromatic carbocycles. The molecule has 0 bridgehead atoms. The van der Waals surface area contributed by atoms with Crippen LogP contribution in [-0.2, 0) is 14.3 Å². The van der Waals surface area contributed by atoms with Crippen molar-refractivity contribution in [1.29, 1.82) is 0 Å². The van der Waals surface area contributed by atoms with Crippen LogP contribution in [0.2, 0.25) is 0 Å². The van der Waals surface area contributed by atoms with Gasteiger partial charge in [-0.05, 0) is 12.0 Å². The number of esters is 1. The summed E-state index contributed by atoms with van der Waals surface area (Å²) in [6.07, 6.45) is 0.751. The number of carbonyl (C=O) groups is 1. The van der Waals surface area contributed by atoms with Crippen molar-refractivity contribution in [2.24, 2.45) is 4.99 Å². The first-order valence-electron chi connectivity index (χ1n) is 5.91. The Labute approximate surface area is 108 Å². The average Bonchev–Trinajstić information content (AvgIpc) is 2.43. The van der Waals surface area contributed by atoms with Gasteiger partial charge in [-0.25, -0.2) is 4.79 Å². The summed E-state index contributed by atoms with van der Waals surface area (Å²) in [5.74, 6) is -0.376. The van der Waals surface area contributed by atoms with E-state index in [4.69, 9.17) is 9.47 Å². The van der Waals surface area contributed by atoms with Crippen LogP contribution in [0.3, 0.4) is 0 Å². The summed E-state index contributed by atoms with van der Waals surface area (Å²) in [5.41, 5.74) is 1.90. The molecule has 0 aliphatic rings. The minimum absolute atomic E-state index is 0.225. The molecule has 18 heavy (non-hydrogen) atoms. The summed E-state index contributed by atoms with van der Waals surface area (Å²) in [5, 5.41) is 0. The van der Waals surface area contributed by atoms with Crippen molar-refractivity contribution in [2.75, 3.05) is 20.8 Å². The molecule has 98 valence electrons. The number of hydrogen-bond acceptors (Lipinski definition) is 4. The molecule has 0 aliphatic heterocycles. The number of carbonyl (C=O) groups excluding carboxylic acids is 1. The predicted molar refractivity (Wildman–Crippen MR) is 71.0 cm³/mol. The smallest absolute Gasteiger partial charge is 0.333 e. The van der Waals surface area contributed by atoms with Gasteiger partial charge in [0.25, 0.3) is 0 Å². The highest BCUT2D eigenvalue weighted by Gasteiger charge is 2.18. The van der Waals surface area contributed by atoms with Crippen LogP contribution in [0.15, 0.2) is 35.3 Å². The molecule has 0 N–H and O–H groups in total. The highest BCUT2D eigenvalue weighted by atomic mass is 16.5. The topological polar surface area (TPSA) is 47.9 Å². The van der Waals surface area contributed by atoms with Crippen LogP contribution in [0.25, 0.3) is 0 Å². The van der Waals surface area contributed by atoms with Crippen LogP contribution < -0.4 is 0 Å². The second kappa shape index (κ2) is 7.61. The van der Waals surface area contributed by atoms with Crippen LogP contribution >= 0.6 is 0 Å². The van der Waals surface area contributed by atoms with Crippen molar-refractivity contribution in [3.05, 3.63) is 35.9 Å². The Balaban J connectivity index is 2.97. The lowest BCUT2D eigenvalue weighted by molar-refractivity contribution is -0.143. The van der Waals surface area contributed by atoms with E-state index in [0.717, 1.165) is 17.7 Å². The van der Waals surface area contributed by atoms with E-state index in [1.807, 2.05) is 37.3 Å². The molecule has 0 saturated heterocycles. The van der Waals surface area contributed by atoms with E-state index in [9.17, 15) is 4.79 Å². The standard InChI is InChI=1S/C14H19NO3/c1-4-12(11-8-6-5-7-9-11)15-13(10-17-2)14(16)18-3/h5-9,13H,4,10H2,1-3H3. The second-order valence-electron chi connectivity index (χ2n) is 3.79. The summed E-state index contributed by atoms with van der Waals surface area (Å²) >= 11 is 0. The third-order valence-corrected chi connectivity index (χ3v) is 2.55. The Kier molecular flexibility index (Phi) is 6.08. The van der Waals surface area contributed by atoms with Gasteiger partial charge in [-0.2, -0.15) is 0 Å². The molecule has 1 aromatic rings. The molecule has 0 saturated carbocycles. The second-order valence-corrected chi connectivity index (χ2v) is 3.79. The van der Waals surface area contributed by atoms with Gasteiger partial charge in [0, 0.05) is 12.8 Å². The number of rotatable bonds is 6. The van der Waals surface area contributed by atoms with Crippen LogP contribution in [0, 0.1) is 0 Å². The maximum atomic E-state index is 11.6. The summed E-state index contributed by atoms with van der Waals surface area (Å²) in [4.78, 5) is 16.0. The lowest BCUT2D eigenvalue weighted by atomic mass is 10.1. The molecule has 4 nitrogen and oxygen atoms in total. The minimum Gasteiger partial charge on any atom is -0.467 e. The quantitative estimate of drug-likeness (QED) is 0.573. The maximum absolute atomic E-state index is 11.6. The lowest BCUT2D eigenvalue weighted by Gasteiger charge is -2.12. The predicted octanol–water partition coefficient (Wildman–Crippen LogP) is 2.07. The van der Waals surface area contributed by atoms with Crippen molar-refractivity contribution >= 4 is 11.7 Å². The number of ether oxygens (including phenoxy) is 2. The van der Waals surface area contributed by atoms with Gasteiger partial charge in [-0.1, -0.05) is 37.3 Å². The van der Waals surface area contributed by atoms with Gasteiger partial charge in [0.15, 0.2) is 6.04 Å². The molecule has 0 fully saturated rings. The monoisotopic (exact) mass is 249 g/mol. The Morgan fingerprint density at radius 2 is 1.94 bits per heavy atom. The maximum Gasteiger partial charge on any atom is 0.333 e. The van der Waals surface area contributed by atoms with Crippen LogP contribution in [0.5, 0.6) is 0 Å². The number of nitrogens with zero attached hydrogens (tertiary/aromatic N) is 1. The molecular formula is C14H19NO3. The van der Waals surface area contributed by atoms with Crippen LogP contribution in [-0.4, -0.2) is 38.5 Å². The summed E-state index contributed by atoms with van der Waals surface area (Å²) in [6, 6.07) is 9.19. The van der Waals surface area contributed by atoms with Crippen molar-refractivity contribution < 1.29 is 14.3 Å². The number of hydrogen-bond donors (Lipinski definition) is 0. The van der Waals surface area contributed by atoms with Crippen molar-refractivity contribution in [3.8, 4) is 0 Å². The van der Waals surface area contributed by atoms with Crippen LogP contribution in [0.4, 0.5) is 0 Å². The Morgan fingerprint density at radius 3 is 2.44 bits per heavy atom. The minimum atomic E-state index is -0.602. The Bertz CT molecular complexity index is 401. The molecule has 0 spiro atoms. The highest BCUT2D eigenvalue weighted by Crippen LogP contribution is 2.07. The van der Waals surface area contributed by atoms with E-state index in [-0.39, 0.29) is 12.6 Å². The third-order valence-electron chi connectivity index (χ3n) is 2.55. The molecular weight excluding hydrogens is 230 g/mol. The highest BCUT2D eigenvalue weighted by molar-refractivity contribution is 6.01. The van der Waals surface area contributed by atoms with Gasteiger partial charge in [-0.3, -0.25) is 4.99 Å². The van der Waals surface area contributed by atoms with Gasteiger partial charge < -0.3 is 9.47 Å². The van der Waals surface area contributed by atoms with E-state index < -0.39 is 6.04 Å². The first kappa shape index (κ1) is 14.4. The molecule has 1 rings (SSSR count). The zero-order valence-electron chi connectivity index (χ0n) is 11.1. The first-order chi connectivity index (χ1) is 8.72. The summed E-state index contributed by atoms with van der Waals surface area (Å²) < 4.78 is 9.72. The van der Waals surface area contributed by atoms with E-state index in [0.29, 0.717) is 0 Å². The van der Waals surface area contributed by atoms with Crippen molar-refractivity contribution in [2.45, 2.75) is 19.4 Å². The number of methoxy groups -OCH3 is 2. The van der Waals surface area contributed by atoms with Gasteiger partial charge in [-0.15, -0.1) is 0 Å². The molecule has 4 heteroatoms. The van der Waals surface area contributed by atoms with E-state index in [1.165, 1.54) is 7.11 Å². The fourth-order valence-corrected chi connectivity index (χ4v) is 1.64. The van der Waals surface area contributed by atoms with Gasteiger partial charge in [0.1, 0.15) is 0 Å². The fourth-order valence-electron chi connectivity index (χ4n) is 1.64. The molecule has 0 amide bonds. The summed E-state index contributed by atoms with van der Waals surface area (Å²) in [7, 11) is 2.90. The molecule has 0 aliphatic carbocycles. The molecule has 1 atom stereocenters. The largest absolute Gasteiger partial charge is 0.467 e. The molecule has 0 heterocycles. The van der Waals surface area contributed by atoms with Crippen LogP contribution in [0.1, 0.15) is 18.9 Å². The third kappa shape index (κ3) is 3.96. The zero-order chi connectivity index (χ0) is 13.4. The molecule has 0 radical (unpaired) electrons. The van der Waals surface area contributed by atoms with E-state index >= 15 is 0 Å². The fraction of sp³-hybridized carbons (Fsp3) is 0.429. The Morgan fingerprint density at radius 1 is 1.28 bits per heavy atom. The lowest BCUT2D eigenvalue weighted by Crippen LogP contribution is -2.26. The zero-order valence-corrected chi connectivity index (χ0v) is 11.1. The molecule has 0 aromatic heterocycles. The number of aliphatic imine (C=N–C) groups is 1. The van der Waals surface area contributed by atoms with Crippen molar-refractivity contribution in [1.82, 2.24) is 0 Å². The number of benzene rings is 1. The first-order valence-corrected chi connectivity index (χ1v) is 5.91. The Hall–Kier alpha value is -1.68. The summed E-state index contributed by atoms with van der Waals surface area (Å²) in [6.45, 7) is 2.23. The van der Waals surface area contributed by atoms with Gasteiger partial charge in [0.05, 0.1) is 13.7 Å². The SMILES string of the molecule is CCC(=NC(COC)C(=O)OC)c1ccccc1. The van der Waals surface area contributed by atoms with Gasteiger partial charge >= 0.3 is 5.97 Å². The van der Waals surface area contributed by atoms with E-state index in [1.54, 1.807) is 7.11 Å². The normalized spacial score (nSPS) is 13.2.